The number of thioether (sulfide) groups is 1. The molecule has 1 aromatic carbocycles. The normalized spacial score (nSPS) is 23.1. The van der Waals surface area contributed by atoms with Gasteiger partial charge in [-0.3, -0.25) is 10.1 Å². The van der Waals surface area contributed by atoms with E-state index < -0.39 is 0 Å². The molecule has 0 aliphatic carbocycles. The summed E-state index contributed by atoms with van der Waals surface area (Å²) in [7, 11) is 0. The molecular formula is C15H22N2OS. The number of carbonyl (C=O) groups excluding carboxylic acids is 1. The van der Waals surface area contributed by atoms with Crippen molar-refractivity contribution in [2.75, 3.05) is 18.6 Å². The lowest BCUT2D eigenvalue weighted by atomic mass is 10.1. The lowest BCUT2D eigenvalue weighted by Gasteiger charge is -2.23. The Labute approximate surface area is 119 Å². The minimum atomic E-state index is -0.167. The molecule has 1 N–H and O–H groups in total. The van der Waals surface area contributed by atoms with Crippen LogP contribution in [0.5, 0.6) is 0 Å². The van der Waals surface area contributed by atoms with Crippen molar-refractivity contribution >= 4 is 17.7 Å². The Bertz CT molecular complexity index is 410. The van der Waals surface area contributed by atoms with Crippen molar-refractivity contribution in [1.82, 2.24) is 10.2 Å². The van der Waals surface area contributed by atoms with Gasteiger partial charge in [0, 0.05) is 12.3 Å². The Balaban J connectivity index is 2.13. The van der Waals surface area contributed by atoms with E-state index in [4.69, 9.17) is 0 Å². The summed E-state index contributed by atoms with van der Waals surface area (Å²) in [5, 5.41) is 3.48. The van der Waals surface area contributed by atoms with E-state index >= 15 is 0 Å². The van der Waals surface area contributed by atoms with Crippen LogP contribution >= 0.6 is 11.8 Å². The first-order valence-electron chi connectivity index (χ1n) is 6.88. The van der Waals surface area contributed by atoms with Gasteiger partial charge in [0.05, 0.1) is 6.17 Å². The molecule has 1 amide bonds. The fourth-order valence-electron chi connectivity index (χ4n) is 2.53. The van der Waals surface area contributed by atoms with Gasteiger partial charge in [-0.1, -0.05) is 43.7 Å². The predicted molar refractivity (Wildman–Crippen MR) is 81.1 cm³/mol. The fourth-order valence-corrected chi connectivity index (χ4v) is 2.90. The molecule has 1 heterocycles. The predicted octanol–water partition coefficient (Wildman–Crippen LogP) is 2.65. The van der Waals surface area contributed by atoms with Crippen LogP contribution in [0.15, 0.2) is 30.3 Å². The number of rotatable bonds is 6. The second-order valence-electron chi connectivity index (χ2n) is 4.84. The zero-order chi connectivity index (χ0) is 13.7. The summed E-state index contributed by atoms with van der Waals surface area (Å²) in [5.41, 5.74) is 1.07. The van der Waals surface area contributed by atoms with Crippen LogP contribution in [0.2, 0.25) is 0 Å². The largest absolute Gasteiger partial charge is 0.325 e. The number of hydrogen-bond acceptors (Lipinski definition) is 3. The molecule has 4 heteroatoms. The second-order valence-corrected chi connectivity index (χ2v) is 5.82. The maximum atomic E-state index is 12.6. The highest BCUT2D eigenvalue weighted by molar-refractivity contribution is 7.98. The number of amides is 1. The van der Waals surface area contributed by atoms with Gasteiger partial charge in [-0.25, -0.2) is 0 Å². The van der Waals surface area contributed by atoms with E-state index in [1.54, 1.807) is 11.8 Å². The molecule has 2 atom stereocenters. The zero-order valence-electron chi connectivity index (χ0n) is 11.6. The third-order valence-corrected chi connectivity index (χ3v) is 4.09. The lowest BCUT2D eigenvalue weighted by molar-refractivity contribution is -0.129. The minimum Gasteiger partial charge on any atom is -0.325 e. The first-order chi connectivity index (χ1) is 9.27. The summed E-state index contributed by atoms with van der Waals surface area (Å²) < 4.78 is 0. The average molecular weight is 278 g/mol. The molecule has 1 aromatic rings. The molecule has 1 fully saturated rings. The molecular weight excluding hydrogens is 256 g/mol. The molecule has 0 spiro atoms. The van der Waals surface area contributed by atoms with E-state index in [1.807, 2.05) is 35.2 Å². The zero-order valence-corrected chi connectivity index (χ0v) is 12.5. The van der Waals surface area contributed by atoms with E-state index in [9.17, 15) is 4.79 Å². The maximum absolute atomic E-state index is 12.6. The molecule has 104 valence electrons. The second kappa shape index (κ2) is 6.96. The van der Waals surface area contributed by atoms with E-state index in [2.05, 4.69) is 18.5 Å². The Hall–Kier alpha value is -1.00. The van der Waals surface area contributed by atoms with Crippen molar-refractivity contribution in [3.63, 3.8) is 0 Å². The van der Waals surface area contributed by atoms with E-state index in [-0.39, 0.29) is 18.1 Å². The summed E-state index contributed by atoms with van der Waals surface area (Å²) in [6.45, 7) is 3.00. The molecule has 19 heavy (non-hydrogen) atoms. The highest BCUT2D eigenvalue weighted by Crippen LogP contribution is 2.26. The molecule has 0 radical (unpaired) electrons. The SMILES string of the molecule is CCCC1NC(c2ccccc2)C(=O)N1CCSC. The summed E-state index contributed by atoms with van der Waals surface area (Å²) in [5.74, 6) is 1.22. The number of benzene rings is 1. The van der Waals surface area contributed by atoms with Gasteiger partial charge in [-0.05, 0) is 18.2 Å². The van der Waals surface area contributed by atoms with Gasteiger partial charge in [0.1, 0.15) is 6.04 Å². The van der Waals surface area contributed by atoms with Crippen LogP contribution in [0, 0.1) is 0 Å². The van der Waals surface area contributed by atoms with Crippen molar-refractivity contribution < 1.29 is 4.79 Å². The first-order valence-corrected chi connectivity index (χ1v) is 8.27. The Morgan fingerprint density at radius 2 is 2.05 bits per heavy atom. The van der Waals surface area contributed by atoms with Crippen LogP contribution in [-0.4, -0.2) is 35.5 Å². The first kappa shape index (κ1) is 14.4. The summed E-state index contributed by atoms with van der Waals surface area (Å²) in [4.78, 5) is 14.6. The van der Waals surface area contributed by atoms with Gasteiger partial charge >= 0.3 is 0 Å². The Morgan fingerprint density at radius 1 is 1.32 bits per heavy atom. The van der Waals surface area contributed by atoms with Crippen molar-refractivity contribution in [1.29, 1.82) is 0 Å². The average Bonchev–Trinajstić information content (AvgIpc) is 2.75. The monoisotopic (exact) mass is 278 g/mol. The van der Waals surface area contributed by atoms with Crippen molar-refractivity contribution in [2.45, 2.75) is 32.0 Å². The van der Waals surface area contributed by atoms with Crippen LogP contribution in [0.4, 0.5) is 0 Å². The van der Waals surface area contributed by atoms with Crippen LogP contribution in [0.3, 0.4) is 0 Å². The Morgan fingerprint density at radius 3 is 2.68 bits per heavy atom. The Kier molecular flexibility index (Phi) is 5.28. The number of nitrogens with one attached hydrogen (secondary N) is 1. The molecule has 0 aromatic heterocycles. The molecule has 2 unspecified atom stereocenters. The van der Waals surface area contributed by atoms with E-state index in [0.717, 1.165) is 30.7 Å². The van der Waals surface area contributed by atoms with Crippen molar-refractivity contribution in [2.24, 2.45) is 0 Å². The van der Waals surface area contributed by atoms with Crippen LogP contribution in [-0.2, 0) is 4.79 Å². The van der Waals surface area contributed by atoms with Gasteiger partial charge < -0.3 is 4.90 Å². The molecule has 0 saturated carbocycles. The van der Waals surface area contributed by atoms with Gasteiger partial charge in [-0.2, -0.15) is 11.8 Å². The molecule has 1 aliphatic heterocycles. The van der Waals surface area contributed by atoms with Gasteiger partial charge in [-0.15, -0.1) is 0 Å². The summed E-state index contributed by atoms with van der Waals surface area (Å²) in [6.07, 6.45) is 4.37. The van der Waals surface area contributed by atoms with Crippen molar-refractivity contribution in [3.8, 4) is 0 Å². The maximum Gasteiger partial charge on any atom is 0.245 e. The lowest BCUT2D eigenvalue weighted by Crippen LogP contribution is -2.38. The van der Waals surface area contributed by atoms with Gasteiger partial charge in [0.2, 0.25) is 5.91 Å². The van der Waals surface area contributed by atoms with Crippen LogP contribution in [0.25, 0.3) is 0 Å². The van der Waals surface area contributed by atoms with Crippen LogP contribution in [0.1, 0.15) is 31.4 Å². The minimum absolute atomic E-state index is 0.167. The summed E-state index contributed by atoms with van der Waals surface area (Å²) >= 11 is 1.79. The third kappa shape index (κ3) is 3.31. The summed E-state index contributed by atoms with van der Waals surface area (Å²) in [6, 6.07) is 9.85. The van der Waals surface area contributed by atoms with Gasteiger partial charge in [0.15, 0.2) is 0 Å². The highest BCUT2D eigenvalue weighted by Gasteiger charge is 2.38. The smallest absolute Gasteiger partial charge is 0.245 e. The molecule has 3 nitrogen and oxygen atoms in total. The molecule has 1 saturated heterocycles. The quantitative estimate of drug-likeness (QED) is 0.868. The standard InChI is InChI=1S/C15H22N2OS/c1-3-7-13-16-14(12-8-5-4-6-9-12)15(18)17(13)10-11-19-2/h4-6,8-9,13-14,16H,3,7,10-11H2,1-2H3. The van der Waals surface area contributed by atoms with E-state index in [1.165, 1.54) is 0 Å². The van der Waals surface area contributed by atoms with E-state index in [0.29, 0.717) is 0 Å². The van der Waals surface area contributed by atoms with Crippen molar-refractivity contribution in [3.05, 3.63) is 35.9 Å². The number of hydrogen-bond donors (Lipinski definition) is 1. The highest BCUT2D eigenvalue weighted by atomic mass is 32.2. The topological polar surface area (TPSA) is 32.3 Å². The molecule has 2 rings (SSSR count). The number of carbonyl (C=O) groups is 1. The molecule has 1 aliphatic rings. The fraction of sp³-hybridized carbons (Fsp3) is 0.533. The number of nitrogens with zero attached hydrogens (tertiary/aromatic N) is 1. The van der Waals surface area contributed by atoms with Gasteiger partial charge in [0.25, 0.3) is 0 Å². The van der Waals surface area contributed by atoms with Crippen LogP contribution < -0.4 is 5.32 Å². The molecule has 0 bridgehead atoms. The third-order valence-electron chi connectivity index (χ3n) is 3.50.